The highest BCUT2D eigenvalue weighted by Crippen LogP contribution is 2.05. The van der Waals surface area contributed by atoms with Gasteiger partial charge in [-0.15, -0.1) is 0 Å². The Labute approximate surface area is 87.2 Å². The van der Waals surface area contributed by atoms with Crippen molar-refractivity contribution in [1.29, 1.82) is 0 Å². The molecule has 0 aliphatic heterocycles. The van der Waals surface area contributed by atoms with Gasteiger partial charge in [-0.05, 0) is 6.42 Å². The second-order valence-corrected chi connectivity index (χ2v) is 3.55. The first kappa shape index (κ1) is 9.89. The normalized spacial score (nSPS) is 11.0. The van der Waals surface area contributed by atoms with Gasteiger partial charge in [0.15, 0.2) is 11.2 Å². The van der Waals surface area contributed by atoms with Gasteiger partial charge < -0.3 is 9.55 Å². The van der Waals surface area contributed by atoms with Gasteiger partial charge in [-0.1, -0.05) is 19.8 Å². The number of nitrogens with one attached hydrogen (secondary N) is 1. The Morgan fingerprint density at radius 3 is 3.07 bits per heavy atom. The highest BCUT2D eigenvalue weighted by Gasteiger charge is 2.05. The van der Waals surface area contributed by atoms with Crippen LogP contribution in [0.1, 0.15) is 26.2 Å². The summed E-state index contributed by atoms with van der Waals surface area (Å²) >= 11 is 0. The number of nitrogens with zero attached hydrogens (tertiary/aromatic N) is 3. The Morgan fingerprint density at radius 2 is 2.27 bits per heavy atom. The van der Waals surface area contributed by atoms with E-state index >= 15 is 0 Å². The number of aromatic nitrogens is 4. The van der Waals surface area contributed by atoms with E-state index in [0.29, 0.717) is 11.2 Å². The number of imidazole rings is 1. The molecule has 0 saturated carbocycles. The maximum absolute atomic E-state index is 11.3. The standard InChI is InChI=1S/C10H14N4O/c1-2-3-4-5-14-7-13-10(15)8-9(14)12-6-11-8/h6-7H,2-5H2,1H3,(H,11,12). The van der Waals surface area contributed by atoms with E-state index in [9.17, 15) is 4.79 Å². The van der Waals surface area contributed by atoms with Crippen LogP contribution < -0.4 is 5.56 Å². The number of hydrogen-bond donors (Lipinski definition) is 1. The highest BCUT2D eigenvalue weighted by atomic mass is 16.1. The Balaban J connectivity index is 2.31. The smallest absolute Gasteiger partial charge is 0.298 e. The quantitative estimate of drug-likeness (QED) is 0.767. The van der Waals surface area contributed by atoms with Crippen LogP contribution in [0, 0.1) is 0 Å². The zero-order valence-corrected chi connectivity index (χ0v) is 8.73. The van der Waals surface area contributed by atoms with Crippen LogP contribution in [0.15, 0.2) is 17.4 Å². The maximum atomic E-state index is 11.3. The number of H-pyrrole nitrogens is 1. The average Bonchev–Trinajstić information content (AvgIpc) is 2.71. The van der Waals surface area contributed by atoms with Gasteiger partial charge in [0.2, 0.25) is 0 Å². The van der Waals surface area contributed by atoms with E-state index in [1.54, 1.807) is 6.33 Å². The molecule has 0 aromatic carbocycles. The number of fused-ring (bicyclic) bond motifs is 1. The third kappa shape index (κ3) is 1.91. The third-order valence-corrected chi connectivity index (χ3v) is 2.42. The van der Waals surface area contributed by atoms with Crippen LogP contribution in [0.4, 0.5) is 0 Å². The molecular weight excluding hydrogens is 192 g/mol. The molecule has 0 atom stereocenters. The van der Waals surface area contributed by atoms with Crippen LogP contribution in [-0.2, 0) is 6.54 Å². The first-order chi connectivity index (χ1) is 7.33. The molecule has 0 amide bonds. The minimum atomic E-state index is -0.241. The summed E-state index contributed by atoms with van der Waals surface area (Å²) in [4.78, 5) is 22.1. The summed E-state index contributed by atoms with van der Waals surface area (Å²) in [5.41, 5.74) is 0.953. The minimum Gasteiger partial charge on any atom is -0.339 e. The van der Waals surface area contributed by atoms with E-state index in [-0.39, 0.29) is 5.56 Å². The molecular formula is C10H14N4O. The van der Waals surface area contributed by atoms with Crippen molar-refractivity contribution >= 4 is 11.2 Å². The molecule has 0 aliphatic rings. The van der Waals surface area contributed by atoms with Crippen LogP contribution in [0.25, 0.3) is 11.2 Å². The van der Waals surface area contributed by atoms with Crippen LogP contribution >= 0.6 is 0 Å². The lowest BCUT2D eigenvalue weighted by molar-refractivity contribution is 0.603. The summed E-state index contributed by atoms with van der Waals surface area (Å²) in [6, 6.07) is 0. The number of aromatic amines is 1. The third-order valence-electron chi connectivity index (χ3n) is 2.42. The van der Waals surface area contributed by atoms with Crippen molar-refractivity contribution in [3.05, 3.63) is 23.0 Å². The molecule has 0 saturated heterocycles. The fourth-order valence-electron chi connectivity index (χ4n) is 1.60. The monoisotopic (exact) mass is 206 g/mol. The lowest BCUT2D eigenvalue weighted by Gasteiger charge is -2.04. The summed E-state index contributed by atoms with van der Waals surface area (Å²) in [6.45, 7) is 3.02. The Morgan fingerprint density at radius 1 is 1.40 bits per heavy atom. The number of unbranched alkanes of at least 4 members (excludes halogenated alkanes) is 2. The van der Waals surface area contributed by atoms with Crippen LogP contribution in [0.5, 0.6) is 0 Å². The topological polar surface area (TPSA) is 63.6 Å². The van der Waals surface area contributed by atoms with Gasteiger partial charge in [0.25, 0.3) is 5.56 Å². The van der Waals surface area contributed by atoms with Crippen molar-refractivity contribution in [2.75, 3.05) is 0 Å². The van der Waals surface area contributed by atoms with Gasteiger partial charge in [0, 0.05) is 6.54 Å². The van der Waals surface area contributed by atoms with Crippen LogP contribution in [-0.4, -0.2) is 19.5 Å². The Kier molecular flexibility index (Phi) is 2.80. The van der Waals surface area contributed by atoms with Crippen LogP contribution in [0.2, 0.25) is 0 Å². The number of hydrogen-bond acceptors (Lipinski definition) is 3. The molecule has 80 valence electrons. The molecule has 2 rings (SSSR count). The average molecular weight is 206 g/mol. The van der Waals surface area contributed by atoms with E-state index in [1.807, 2.05) is 4.57 Å². The molecule has 5 heteroatoms. The summed E-state index contributed by atoms with van der Waals surface area (Å²) in [7, 11) is 0. The fourth-order valence-corrected chi connectivity index (χ4v) is 1.60. The Hall–Kier alpha value is -1.65. The molecule has 2 aromatic heterocycles. The van der Waals surface area contributed by atoms with Crippen molar-refractivity contribution in [2.24, 2.45) is 0 Å². The molecule has 1 N–H and O–H groups in total. The van der Waals surface area contributed by atoms with E-state index < -0.39 is 0 Å². The molecule has 2 heterocycles. The van der Waals surface area contributed by atoms with E-state index in [1.165, 1.54) is 19.2 Å². The lowest BCUT2D eigenvalue weighted by atomic mass is 10.2. The van der Waals surface area contributed by atoms with E-state index in [4.69, 9.17) is 0 Å². The van der Waals surface area contributed by atoms with Gasteiger partial charge >= 0.3 is 0 Å². The SMILES string of the molecule is CCCCCn1cnc(=O)c2[nH]cnc21. The largest absolute Gasteiger partial charge is 0.339 e. The first-order valence-electron chi connectivity index (χ1n) is 5.21. The predicted molar refractivity (Wildman–Crippen MR) is 57.7 cm³/mol. The molecule has 0 unspecified atom stereocenters. The summed E-state index contributed by atoms with van der Waals surface area (Å²) in [5.74, 6) is 0. The predicted octanol–water partition coefficient (Wildman–Crippen LogP) is 1.31. The van der Waals surface area contributed by atoms with Crippen molar-refractivity contribution in [3.8, 4) is 0 Å². The molecule has 0 bridgehead atoms. The summed E-state index contributed by atoms with van der Waals surface area (Å²) in [6.07, 6.45) is 6.55. The molecule has 0 radical (unpaired) electrons. The first-order valence-corrected chi connectivity index (χ1v) is 5.21. The molecule has 0 fully saturated rings. The van der Waals surface area contributed by atoms with Crippen molar-refractivity contribution in [2.45, 2.75) is 32.7 Å². The molecule has 15 heavy (non-hydrogen) atoms. The second kappa shape index (κ2) is 4.25. The van der Waals surface area contributed by atoms with Gasteiger partial charge in [-0.3, -0.25) is 4.79 Å². The highest BCUT2D eigenvalue weighted by molar-refractivity contribution is 5.68. The van der Waals surface area contributed by atoms with Gasteiger partial charge in [-0.2, -0.15) is 4.98 Å². The summed E-state index contributed by atoms with van der Waals surface area (Å²) < 4.78 is 1.92. The van der Waals surface area contributed by atoms with E-state index in [0.717, 1.165) is 13.0 Å². The second-order valence-electron chi connectivity index (χ2n) is 3.55. The van der Waals surface area contributed by atoms with Crippen molar-refractivity contribution in [1.82, 2.24) is 19.5 Å². The fraction of sp³-hybridized carbons (Fsp3) is 0.500. The van der Waals surface area contributed by atoms with Crippen molar-refractivity contribution < 1.29 is 0 Å². The van der Waals surface area contributed by atoms with Gasteiger partial charge in [0.05, 0.1) is 6.33 Å². The lowest BCUT2D eigenvalue weighted by Crippen LogP contribution is -2.12. The molecule has 0 spiro atoms. The van der Waals surface area contributed by atoms with E-state index in [2.05, 4.69) is 21.9 Å². The number of rotatable bonds is 4. The van der Waals surface area contributed by atoms with Crippen LogP contribution in [0.3, 0.4) is 0 Å². The zero-order chi connectivity index (χ0) is 10.7. The minimum absolute atomic E-state index is 0.241. The maximum Gasteiger partial charge on any atom is 0.298 e. The number of aryl methyl sites for hydroxylation is 1. The Bertz CT molecular complexity index is 499. The molecule has 5 nitrogen and oxygen atoms in total. The zero-order valence-electron chi connectivity index (χ0n) is 8.73. The summed E-state index contributed by atoms with van der Waals surface area (Å²) in [5, 5.41) is 0. The molecule has 2 aromatic rings. The van der Waals surface area contributed by atoms with Gasteiger partial charge in [-0.25, -0.2) is 4.98 Å². The van der Waals surface area contributed by atoms with Crippen molar-refractivity contribution in [3.63, 3.8) is 0 Å². The molecule has 0 aliphatic carbocycles. The van der Waals surface area contributed by atoms with Gasteiger partial charge in [0.1, 0.15) is 6.33 Å².